The summed E-state index contributed by atoms with van der Waals surface area (Å²) in [5.41, 5.74) is 0.607. The number of anilines is 1. The first-order valence-electron chi connectivity index (χ1n) is 8.93. The minimum Gasteiger partial charge on any atom is -0.353 e. The Bertz CT molecular complexity index is 728. The van der Waals surface area contributed by atoms with Gasteiger partial charge in [-0.3, -0.25) is 9.59 Å². The molecule has 0 bridgehead atoms. The van der Waals surface area contributed by atoms with Crippen LogP contribution in [0.5, 0.6) is 0 Å². The number of hydrogen-bond donors (Lipinski definition) is 1. The van der Waals surface area contributed by atoms with Crippen molar-refractivity contribution < 1.29 is 9.59 Å². The van der Waals surface area contributed by atoms with Gasteiger partial charge in [-0.25, -0.2) is 4.98 Å². The van der Waals surface area contributed by atoms with E-state index in [1.807, 2.05) is 48.2 Å². The van der Waals surface area contributed by atoms with Crippen LogP contribution in [0.1, 0.15) is 23.7 Å². The number of carbonyl (C=O) groups is 2. The second kappa shape index (κ2) is 8.47. The van der Waals surface area contributed by atoms with Gasteiger partial charge >= 0.3 is 0 Å². The molecule has 2 amide bonds. The number of amides is 2. The molecule has 0 radical (unpaired) electrons. The predicted molar refractivity (Wildman–Crippen MR) is 101 cm³/mol. The van der Waals surface area contributed by atoms with E-state index in [4.69, 9.17) is 0 Å². The Hall–Kier alpha value is -2.89. The Balaban J connectivity index is 1.46. The molecule has 2 heterocycles. The van der Waals surface area contributed by atoms with Gasteiger partial charge in [0.2, 0.25) is 5.91 Å². The van der Waals surface area contributed by atoms with Gasteiger partial charge in [-0.1, -0.05) is 24.3 Å². The lowest BCUT2D eigenvalue weighted by Gasteiger charge is -2.35. The maximum Gasteiger partial charge on any atom is 0.251 e. The van der Waals surface area contributed by atoms with Gasteiger partial charge in [-0.15, -0.1) is 0 Å². The summed E-state index contributed by atoms with van der Waals surface area (Å²) in [6.45, 7) is 4.76. The van der Waals surface area contributed by atoms with E-state index in [1.165, 1.54) is 0 Å². The standard InChI is InChI=1S/C20H24N4O2/c1-16(22-20(26)17-7-3-2-4-8-17)15-19(25)24-13-11-23(12-14-24)18-9-5-6-10-21-18/h2-10,16H,11-15H2,1H3,(H,22,26). The molecule has 1 saturated heterocycles. The summed E-state index contributed by atoms with van der Waals surface area (Å²) in [5, 5.41) is 2.89. The van der Waals surface area contributed by atoms with E-state index in [0.717, 1.165) is 18.9 Å². The summed E-state index contributed by atoms with van der Waals surface area (Å²) in [5.74, 6) is 0.875. The molecule has 0 aliphatic carbocycles. The van der Waals surface area contributed by atoms with Gasteiger partial charge < -0.3 is 15.1 Å². The molecule has 3 rings (SSSR count). The number of benzene rings is 1. The van der Waals surface area contributed by atoms with Crippen LogP contribution in [0.25, 0.3) is 0 Å². The minimum absolute atomic E-state index is 0.0755. The van der Waals surface area contributed by atoms with Crippen LogP contribution in [0.3, 0.4) is 0 Å². The third-order valence-corrected chi connectivity index (χ3v) is 4.50. The Morgan fingerprint density at radius 3 is 2.38 bits per heavy atom. The molecule has 1 aromatic carbocycles. The van der Waals surface area contributed by atoms with E-state index >= 15 is 0 Å². The fourth-order valence-corrected chi connectivity index (χ4v) is 3.06. The fourth-order valence-electron chi connectivity index (χ4n) is 3.06. The van der Waals surface area contributed by atoms with E-state index in [1.54, 1.807) is 18.3 Å². The number of nitrogens with zero attached hydrogens (tertiary/aromatic N) is 3. The highest BCUT2D eigenvalue weighted by atomic mass is 16.2. The Morgan fingerprint density at radius 1 is 1.04 bits per heavy atom. The van der Waals surface area contributed by atoms with Crippen molar-refractivity contribution in [3.63, 3.8) is 0 Å². The number of piperazine rings is 1. The predicted octanol–water partition coefficient (Wildman–Crippen LogP) is 1.94. The van der Waals surface area contributed by atoms with Gasteiger partial charge in [0.15, 0.2) is 0 Å². The quantitative estimate of drug-likeness (QED) is 0.893. The van der Waals surface area contributed by atoms with E-state index in [9.17, 15) is 9.59 Å². The first kappa shape index (κ1) is 17.9. The highest BCUT2D eigenvalue weighted by Gasteiger charge is 2.23. The van der Waals surface area contributed by atoms with Crippen molar-refractivity contribution >= 4 is 17.6 Å². The van der Waals surface area contributed by atoms with Gasteiger partial charge in [-0.2, -0.15) is 0 Å². The molecule has 1 aliphatic heterocycles. The molecule has 2 aromatic rings. The van der Waals surface area contributed by atoms with Crippen molar-refractivity contribution in [1.82, 2.24) is 15.2 Å². The molecule has 1 atom stereocenters. The van der Waals surface area contributed by atoms with Crippen LogP contribution in [0.2, 0.25) is 0 Å². The van der Waals surface area contributed by atoms with E-state index in [0.29, 0.717) is 25.1 Å². The summed E-state index contributed by atoms with van der Waals surface area (Å²) in [7, 11) is 0. The van der Waals surface area contributed by atoms with Crippen LogP contribution in [-0.4, -0.2) is 53.9 Å². The minimum atomic E-state index is -0.205. The summed E-state index contributed by atoms with van der Waals surface area (Å²) in [6, 6.07) is 14.7. The van der Waals surface area contributed by atoms with Gasteiger partial charge in [0.1, 0.15) is 5.82 Å². The molecule has 0 saturated carbocycles. The number of nitrogens with one attached hydrogen (secondary N) is 1. The normalized spacial score (nSPS) is 15.4. The smallest absolute Gasteiger partial charge is 0.251 e. The lowest BCUT2D eigenvalue weighted by Crippen LogP contribution is -2.50. The maximum atomic E-state index is 12.5. The van der Waals surface area contributed by atoms with E-state index in [-0.39, 0.29) is 17.9 Å². The summed E-state index contributed by atoms with van der Waals surface area (Å²) in [4.78, 5) is 33.1. The summed E-state index contributed by atoms with van der Waals surface area (Å²) < 4.78 is 0. The van der Waals surface area contributed by atoms with Crippen molar-refractivity contribution in [2.24, 2.45) is 0 Å². The molecule has 1 unspecified atom stereocenters. The zero-order valence-electron chi connectivity index (χ0n) is 15.0. The van der Waals surface area contributed by atoms with Crippen LogP contribution < -0.4 is 10.2 Å². The first-order chi connectivity index (χ1) is 12.6. The van der Waals surface area contributed by atoms with Crippen molar-refractivity contribution in [1.29, 1.82) is 0 Å². The van der Waals surface area contributed by atoms with Crippen LogP contribution in [-0.2, 0) is 4.79 Å². The molecule has 0 spiro atoms. The average Bonchev–Trinajstić information content (AvgIpc) is 2.69. The molecule has 1 aromatic heterocycles. The van der Waals surface area contributed by atoms with Crippen LogP contribution in [0, 0.1) is 0 Å². The van der Waals surface area contributed by atoms with E-state index in [2.05, 4.69) is 15.2 Å². The highest BCUT2D eigenvalue weighted by Crippen LogP contribution is 2.13. The molecular formula is C20H24N4O2. The molecule has 1 aliphatic rings. The van der Waals surface area contributed by atoms with Gasteiger partial charge in [0, 0.05) is 50.4 Å². The van der Waals surface area contributed by atoms with Gasteiger partial charge in [-0.05, 0) is 31.2 Å². The third-order valence-electron chi connectivity index (χ3n) is 4.50. The van der Waals surface area contributed by atoms with Crippen molar-refractivity contribution in [3.8, 4) is 0 Å². The zero-order valence-corrected chi connectivity index (χ0v) is 15.0. The molecule has 1 N–H and O–H groups in total. The van der Waals surface area contributed by atoms with Crippen molar-refractivity contribution in [2.45, 2.75) is 19.4 Å². The van der Waals surface area contributed by atoms with Crippen LogP contribution >= 0.6 is 0 Å². The molecule has 26 heavy (non-hydrogen) atoms. The molecule has 1 fully saturated rings. The Kier molecular flexibility index (Phi) is 5.84. The summed E-state index contributed by atoms with van der Waals surface area (Å²) >= 11 is 0. The van der Waals surface area contributed by atoms with Crippen molar-refractivity contribution in [2.75, 3.05) is 31.1 Å². The fraction of sp³-hybridized carbons (Fsp3) is 0.350. The van der Waals surface area contributed by atoms with Gasteiger partial charge in [0.05, 0.1) is 0 Å². The second-order valence-electron chi connectivity index (χ2n) is 6.50. The lowest BCUT2D eigenvalue weighted by atomic mass is 10.1. The third kappa shape index (κ3) is 4.59. The topological polar surface area (TPSA) is 65.5 Å². The second-order valence-corrected chi connectivity index (χ2v) is 6.50. The van der Waals surface area contributed by atoms with Crippen molar-refractivity contribution in [3.05, 3.63) is 60.3 Å². The highest BCUT2D eigenvalue weighted by molar-refractivity contribution is 5.94. The Labute approximate surface area is 153 Å². The Morgan fingerprint density at radius 2 is 1.73 bits per heavy atom. The summed E-state index contributed by atoms with van der Waals surface area (Å²) in [6.07, 6.45) is 2.09. The van der Waals surface area contributed by atoms with Crippen LogP contribution in [0.4, 0.5) is 5.82 Å². The molecular weight excluding hydrogens is 328 g/mol. The molecule has 6 nitrogen and oxygen atoms in total. The van der Waals surface area contributed by atoms with E-state index < -0.39 is 0 Å². The zero-order chi connectivity index (χ0) is 18.4. The number of aromatic nitrogens is 1. The average molecular weight is 352 g/mol. The molecule has 136 valence electrons. The number of hydrogen-bond acceptors (Lipinski definition) is 4. The largest absolute Gasteiger partial charge is 0.353 e. The maximum absolute atomic E-state index is 12.5. The van der Waals surface area contributed by atoms with Crippen LogP contribution in [0.15, 0.2) is 54.7 Å². The first-order valence-corrected chi connectivity index (χ1v) is 8.93. The number of pyridine rings is 1. The molecule has 6 heteroatoms. The number of carbonyl (C=O) groups excluding carboxylic acids is 2. The monoisotopic (exact) mass is 352 g/mol. The lowest BCUT2D eigenvalue weighted by molar-refractivity contribution is -0.131. The SMILES string of the molecule is CC(CC(=O)N1CCN(c2ccccn2)CC1)NC(=O)c1ccccc1. The van der Waals surface area contributed by atoms with Gasteiger partial charge in [0.25, 0.3) is 5.91 Å². The number of rotatable bonds is 5.